The van der Waals surface area contributed by atoms with Crippen LogP contribution in [0.1, 0.15) is 22.3 Å². The molecule has 1 aliphatic rings. The SMILES string of the molecule is Cc1nc(-c2cccc(C3NNN(c4ccccc4)N3)c2)sc1C. The van der Waals surface area contributed by atoms with E-state index in [9.17, 15) is 0 Å². The number of anilines is 1. The summed E-state index contributed by atoms with van der Waals surface area (Å²) in [4.78, 5) is 5.93. The van der Waals surface area contributed by atoms with Gasteiger partial charge in [0.25, 0.3) is 0 Å². The quantitative estimate of drug-likeness (QED) is 0.683. The maximum atomic E-state index is 4.66. The van der Waals surface area contributed by atoms with E-state index in [0.717, 1.165) is 27.5 Å². The van der Waals surface area contributed by atoms with Crippen LogP contribution in [-0.4, -0.2) is 4.98 Å². The second-order valence-corrected chi connectivity index (χ2v) is 6.98. The van der Waals surface area contributed by atoms with Gasteiger partial charge in [-0.2, -0.15) is 11.0 Å². The van der Waals surface area contributed by atoms with Gasteiger partial charge in [-0.3, -0.25) is 0 Å². The predicted octanol–water partition coefficient (Wildman–Crippen LogP) is 3.46. The Bertz CT molecular complexity index is 826. The van der Waals surface area contributed by atoms with Crippen LogP contribution in [-0.2, 0) is 0 Å². The number of nitrogens with zero attached hydrogens (tertiary/aromatic N) is 2. The second-order valence-electron chi connectivity index (χ2n) is 5.78. The summed E-state index contributed by atoms with van der Waals surface area (Å²) in [6.07, 6.45) is -0.00712. The highest BCUT2D eigenvalue weighted by Gasteiger charge is 2.22. The molecule has 1 aliphatic heterocycles. The molecule has 1 fully saturated rings. The molecule has 0 spiro atoms. The highest BCUT2D eigenvalue weighted by Crippen LogP contribution is 2.29. The Balaban J connectivity index is 1.56. The molecule has 1 aromatic heterocycles. The molecule has 0 amide bonds. The fourth-order valence-corrected chi connectivity index (χ4v) is 3.55. The smallest absolute Gasteiger partial charge is 0.123 e. The van der Waals surface area contributed by atoms with E-state index >= 15 is 0 Å². The van der Waals surface area contributed by atoms with Crippen molar-refractivity contribution in [3.63, 3.8) is 0 Å². The fourth-order valence-electron chi connectivity index (χ4n) is 2.64. The number of aromatic nitrogens is 1. The molecule has 2 aromatic carbocycles. The lowest BCUT2D eigenvalue weighted by Crippen LogP contribution is -2.40. The Morgan fingerprint density at radius 3 is 2.62 bits per heavy atom. The van der Waals surface area contributed by atoms with Gasteiger partial charge in [-0.15, -0.1) is 11.3 Å². The van der Waals surface area contributed by atoms with Crippen LogP contribution in [0.2, 0.25) is 0 Å². The predicted molar refractivity (Wildman–Crippen MR) is 98.1 cm³/mol. The number of hydrogen-bond donors (Lipinski definition) is 3. The molecule has 3 aromatic rings. The van der Waals surface area contributed by atoms with Crippen molar-refractivity contribution in [3.05, 3.63) is 70.7 Å². The zero-order valence-electron chi connectivity index (χ0n) is 13.6. The fraction of sp³-hybridized carbons (Fsp3) is 0.167. The zero-order chi connectivity index (χ0) is 16.5. The van der Waals surface area contributed by atoms with E-state index in [2.05, 4.69) is 59.5 Å². The van der Waals surface area contributed by atoms with Gasteiger partial charge in [0.15, 0.2) is 0 Å². The Hall–Kier alpha value is -2.25. The van der Waals surface area contributed by atoms with E-state index in [1.54, 1.807) is 11.3 Å². The van der Waals surface area contributed by atoms with Gasteiger partial charge < -0.3 is 0 Å². The van der Waals surface area contributed by atoms with E-state index < -0.39 is 0 Å². The minimum absolute atomic E-state index is 0.00712. The molecule has 5 nitrogen and oxygen atoms in total. The maximum Gasteiger partial charge on any atom is 0.123 e. The van der Waals surface area contributed by atoms with Crippen LogP contribution in [0.5, 0.6) is 0 Å². The summed E-state index contributed by atoms with van der Waals surface area (Å²) >= 11 is 1.74. The van der Waals surface area contributed by atoms with Crippen molar-refractivity contribution in [2.45, 2.75) is 20.0 Å². The standard InChI is InChI=1S/C18H19N5S/c1-12-13(2)24-18(19-12)15-8-6-7-14(11-15)17-20-22-23(21-17)16-9-4-3-5-10-16/h3-11,17,20-22H,1-2H3. The molecule has 4 rings (SSSR count). The lowest BCUT2D eigenvalue weighted by atomic mass is 10.1. The molecule has 6 heteroatoms. The van der Waals surface area contributed by atoms with E-state index in [0.29, 0.717) is 0 Å². The lowest BCUT2D eigenvalue weighted by molar-refractivity contribution is 0.555. The monoisotopic (exact) mass is 337 g/mol. The first-order valence-corrected chi connectivity index (χ1v) is 8.69. The van der Waals surface area contributed by atoms with E-state index in [1.165, 1.54) is 4.88 Å². The van der Waals surface area contributed by atoms with Crippen molar-refractivity contribution in [2.24, 2.45) is 0 Å². The van der Waals surface area contributed by atoms with Crippen LogP contribution in [0.3, 0.4) is 0 Å². The van der Waals surface area contributed by atoms with Crippen molar-refractivity contribution in [1.82, 2.24) is 21.4 Å². The van der Waals surface area contributed by atoms with Crippen molar-refractivity contribution in [2.75, 3.05) is 5.12 Å². The minimum Gasteiger partial charge on any atom is -0.241 e. The van der Waals surface area contributed by atoms with Crippen LogP contribution in [0.15, 0.2) is 54.6 Å². The molecule has 0 radical (unpaired) electrons. The molecule has 24 heavy (non-hydrogen) atoms. The first-order valence-electron chi connectivity index (χ1n) is 7.87. The highest BCUT2D eigenvalue weighted by molar-refractivity contribution is 7.15. The van der Waals surface area contributed by atoms with Crippen LogP contribution in [0.25, 0.3) is 10.6 Å². The lowest BCUT2D eigenvalue weighted by Gasteiger charge is -2.17. The van der Waals surface area contributed by atoms with Gasteiger partial charge in [0.1, 0.15) is 11.2 Å². The van der Waals surface area contributed by atoms with Crippen molar-refractivity contribution >= 4 is 17.0 Å². The molecule has 1 unspecified atom stereocenters. The van der Waals surface area contributed by atoms with Crippen molar-refractivity contribution in [3.8, 4) is 10.6 Å². The largest absolute Gasteiger partial charge is 0.241 e. The summed E-state index contributed by atoms with van der Waals surface area (Å²) in [7, 11) is 0. The first-order chi connectivity index (χ1) is 11.7. The van der Waals surface area contributed by atoms with Crippen LogP contribution >= 0.6 is 11.3 Å². The van der Waals surface area contributed by atoms with E-state index in [-0.39, 0.29) is 6.17 Å². The summed E-state index contributed by atoms with van der Waals surface area (Å²) in [6.45, 7) is 4.17. The van der Waals surface area contributed by atoms with Gasteiger partial charge in [-0.05, 0) is 37.6 Å². The molecular weight excluding hydrogens is 318 g/mol. The van der Waals surface area contributed by atoms with Crippen LogP contribution < -0.4 is 21.5 Å². The molecule has 122 valence electrons. The average Bonchev–Trinajstić information content (AvgIpc) is 3.24. The number of benzene rings is 2. The van der Waals surface area contributed by atoms with Crippen molar-refractivity contribution < 1.29 is 0 Å². The molecule has 2 heterocycles. The molecule has 3 N–H and O–H groups in total. The second kappa shape index (κ2) is 6.33. The molecule has 0 bridgehead atoms. The van der Waals surface area contributed by atoms with Gasteiger partial charge >= 0.3 is 0 Å². The van der Waals surface area contributed by atoms with Gasteiger partial charge in [-0.25, -0.2) is 15.5 Å². The summed E-state index contributed by atoms with van der Waals surface area (Å²) in [6, 6.07) is 18.6. The van der Waals surface area contributed by atoms with Gasteiger partial charge in [0, 0.05) is 10.4 Å². The van der Waals surface area contributed by atoms with E-state index in [1.807, 2.05) is 35.4 Å². The number of thiazole rings is 1. The summed E-state index contributed by atoms with van der Waals surface area (Å²) < 4.78 is 0. The molecule has 0 saturated carbocycles. The maximum absolute atomic E-state index is 4.66. The molecule has 1 atom stereocenters. The van der Waals surface area contributed by atoms with Gasteiger partial charge in [-0.1, -0.05) is 36.4 Å². The summed E-state index contributed by atoms with van der Waals surface area (Å²) in [5.74, 6) is 0. The Kier molecular flexibility index (Phi) is 4.03. The third-order valence-electron chi connectivity index (χ3n) is 4.09. The van der Waals surface area contributed by atoms with Crippen LogP contribution in [0.4, 0.5) is 5.69 Å². The van der Waals surface area contributed by atoms with Crippen molar-refractivity contribution in [1.29, 1.82) is 0 Å². The van der Waals surface area contributed by atoms with Gasteiger partial charge in [0.2, 0.25) is 0 Å². The summed E-state index contributed by atoms with van der Waals surface area (Å²) in [5, 5.41) is 2.95. The first kappa shape index (κ1) is 15.3. The number of rotatable bonds is 3. The highest BCUT2D eigenvalue weighted by atomic mass is 32.1. The van der Waals surface area contributed by atoms with Crippen LogP contribution in [0, 0.1) is 13.8 Å². The Labute approximate surface area is 145 Å². The van der Waals surface area contributed by atoms with E-state index in [4.69, 9.17) is 0 Å². The Morgan fingerprint density at radius 1 is 1.04 bits per heavy atom. The third-order valence-corrected chi connectivity index (χ3v) is 5.21. The average molecular weight is 337 g/mol. The third kappa shape index (κ3) is 2.92. The number of hydrogen-bond acceptors (Lipinski definition) is 6. The number of aryl methyl sites for hydroxylation is 2. The number of nitrogens with one attached hydrogen (secondary N) is 3. The number of para-hydroxylation sites is 1. The van der Waals surface area contributed by atoms with Gasteiger partial charge in [0.05, 0.1) is 11.4 Å². The molecular formula is C18H19N5S. The number of hydrazine groups is 3. The normalized spacial score (nSPS) is 17.4. The zero-order valence-corrected chi connectivity index (χ0v) is 14.4. The minimum atomic E-state index is -0.00712. The topological polar surface area (TPSA) is 52.2 Å². The Morgan fingerprint density at radius 2 is 1.88 bits per heavy atom. The molecule has 1 saturated heterocycles. The molecule has 0 aliphatic carbocycles. The summed E-state index contributed by atoms with van der Waals surface area (Å²) in [5.41, 5.74) is 14.3.